The molecule has 6 nitrogen and oxygen atoms in total. The van der Waals surface area contributed by atoms with Crippen molar-refractivity contribution in [1.29, 1.82) is 0 Å². The van der Waals surface area contributed by atoms with E-state index in [1.807, 2.05) is 0 Å². The lowest BCUT2D eigenvalue weighted by Crippen LogP contribution is -2.25. The number of thiophene rings is 1. The Morgan fingerprint density at radius 1 is 1.21 bits per heavy atom. The average molecular weight is 438 g/mol. The van der Waals surface area contributed by atoms with Gasteiger partial charge in [0.25, 0.3) is 0 Å². The topological polar surface area (TPSA) is 87.3 Å². The van der Waals surface area contributed by atoms with Crippen LogP contribution >= 0.6 is 34.5 Å². The Hall–Kier alpha value is -1.77. The van der Waals surface area contributed by atoms with Crippen LogP contribution in [0.5, 0.6) is 0 Å². The van der Waals surface area contributed by atoms with Crippen LogP contribution in [0.4, 0.5) is 5.95 Å². The summed E-state index contributed by atoms with van der Waals surface area (Å²) in [6.07, 6.45) is 1.43. The lowest BCUT2D eigenvalue weighted by atomic mass is 10.1. The highest BCUT2D eigenvalue weighted by Crippen LogP contribution is 2.37. The Morgan fingerprint density at radius 2 is 2.00 bits per heavy atom. The first-order valence-corrected chi connectivity index (χ1v) is 10.4. The second kappa shape index (κ2) is 8.31. The van der Waals surface area contributed by atoms with Crippen LogP contribution in [0, 0.1) is 0 Å². The van der Waals surface area contributed by atoms with Gasteiger partial charge in [0.2, 0.25) is 5.95 Å². The molecule has 1 aromatic carbocycles. The van der Waals surface area contributed by atoms with Gasteiger partial charge >= 0.3 is 0 Å². The molecule has 0 atom stereocenters. The Labute approximate surface area is 175 Å². The number of carbonyl (C=O) groups excluding carboxylic acids is 1. The first kappa shape index (κ1) is 19.5. The van der Waals surface area contributed by atoms with Gasteiger partial charge in [0, 0.05) is 28.8 Å². The van der Waals surface area contributed by atoms with Crippen LogP contribution in [0.2, 0.25) is 10.0 Å². The molecule has 4 rings (SSSR count). The number of anilines is 1. The van der Waals surface area contributed by atoms with E-state index in [0.29, 0.717) is 57.1 Å². The maximum absolute atomic E-state index is 12.7. The summed E-state index contributed by atoms with van der Waals surface area (Å²) in [4.78, 5) is 22.5. The van der Waals surface area contributed by atoms with Crippen molar-refractivity contribution < 1.29 is 14.3 Å². The van der Waals surface area contributed by atoms with Crippen LogP contribution in [0.15, 0.2) is 24.3 Å². The van der Waals surface area contributed by atoms with Crippen LogP contribution in [0.1, 0.15) is 28.9 Å². The number of halogens is 2. The first-order chi connectivity index (χ1) is 13.5. The molecule has 0 spiro atoms. The molecule has 0 aliphatic carbocycles. The van der Waals surface area contributed by atoms with Crippen molar-refractivity contribution in [3.8, 4) is 11.3 Å². The molecule has 1 saturated heterocycles. The molecule has 0 saturated carbocycles. The van der Waals surface area contributed by atoms with E-state index in [0.717, 1.165) is 11.8 Å². The van der Waals surface area contributed by atoms with E-state index >= 15 is 0 Å². The number of ether oxygens (including phenoxy) is 2. The van der Waals surface area contributed by atoms with Crippen molar-refractivity contribution in [1.82, 2.24) is 9.97 Å². The number of hydrogen-bond donors (Lipinski definition) is 1. The fourth-order valence-corrected chi connectivity index (χ4v) is 4.54. The molecule has 2 N–H and O–H groups in total. The third kappa shape index (κ3) is 4.14. The second-order valence-corrected chi connectivity index (χ2v) is 8.24. The van der Waals surface area contributed by atoms with Gasteiger partial charge in [-0.15, -0.1) is 11.3 Å². The Balaban J connectivity index is 1.64. The van der Waals surface area contributed by atoms with E-state index in [1.54, 1.807) is 24.3 Å². The molecular formula is C19H17Cl2N3O3S. The number of aromatic nitrogens is 2. The second-order valence-electron chi connectivity index (χ2n) is 6.37. The third-order valence-corrected chi connectivity index (χ3v) is 5.99. The maximum Gasteiger partial charge on any atom is 0.221 e. The van der Waals surface area contributed by atoms with E-state index in [2.05, 4.69) is 9.97 Å². The number of ketones is 1. The van der Waals surface area contributed by atoms with Gasteiger partial charge in [-0.25, -0.2) is 9.97 Å². The molecule has 1 fully saturated rings. The van der Waals surface area contributed by atoms with Gasteiger partial charge in [0.1, 0.15) is 4.83 Å². The van der Waals surface area contributed by atoms with Crippen LogP contribution in [-0.2, 0) is 9.47 Å². The lowest BCUT2D eigenvalue weighted by Gasteiger charge is -2.22. The van der Waals surface area contributed by atoms with Gasteiger partial charge in [0.15, 0.2) is 12.1 Å². The summed E-state index contributed by atoms with van der Waals surface area (Å²) in [5, 5.41) is 1.72. The van der Waals surface area contributed by atoms with E-state index in [1.165, 1.54) is 11.3 Å². The molecule has 28 heavy (non-hydrogen) atoms. The molecule has 2 aromatic heterocycles. The monoisotopic (exact) mass is 437 g/mol. The summed E-state index contributed by atoms with van der Waals surface area (Å²) in [5.74, 6) is 0.130. The van der Waals surface area contributed by atoms with Gasteiger partial charge in [0.05, 0.1) is 28.8 Å². The standard InChI is InChI=1S/C19H17Cl2N3O3S/c20-10-2-3-11(13(21)8-10)17-12-9-15(28-18(12)24-19(22)23-17)14(25)4-5-16-26-6-1-7-27-16/h2-3,8-9,16H,1,4-7H2,(H2,22,23,24). The van der Waals surface area contributed by atoms with Crippen molar-refractivity contribution in [3.63, 3.8) is 0 Å². The zero-order valence-electron chi connectivity index (χ0n) is 14.8. The maximum atomic E-state index is 12.7. The van der Waals surface area contributed by atoms with Crippen molar-refractivity contribution >= 4 is 56.5 Å². The molecule has 1 aliphatic heterocycles. The largest absolute Gasteiger partial charge is 0.368 e. The van der Waals surface area contributed by atoms with E-state index in [4.69, 9.17) is 38.4 Å². The highest BCUT2D eigenvalue weighted by Gasteiger charge is 2.20. The molecule has 0 bridgehead atoms. The highest BCUT2D eigenvalue weighted by atomic mass is 35.5. The van der Waals surface area contributed by atoms with Crippen molar-refractivity contribution in [2.24, 2.45) is 0 Å². The molecule has 3 aromatic rings. The van der Waals surface area contributed by atoms with Crippen LogP contribution in [-0.4, -0.2) is 35.3 Å². The molecule has 146 valence electrons. The summed E-state index contributed by atoms with van der Waals surface area (Å²) >= 11 is 13.6. The number of hydrogen-bond acceptors (Lipinski definition) is 7. The number of fused-ring (bicyclic) bond motifs is 1. The van der Waals surface area contributed by atoms with Crippen molar-refractivity contribution in [2.45, 2.75) is 25.6 Å². The number of nitrogens with two attached hydrogens (primary N) is 1. The summed E-state index contributed by atoms with van der Waals surface area (Å²) in [7, 11) is 0. The molecular weight excluding hydrogens is 421 g/mol. The fourth-order valence-electron chi connectivity index (χ4n) is 3.04. The van der Waals surface area contributed by atoms with Gasteiger partial charge in [-0.1, -0.05) is 23.2 Å². The third-order valence-electron chi connectivity index (χ3n) is 4.37. The minimum Gasteiger partial charge on any atom is -0.368 e. The van der Waals surface area contributed by atoms with Crippen molar-refractivity contribution in [2.75, 3.05) is 18.9 Å². The lowest BCUT2D eigenvalue weighted by molar-refractivity contribution is -0.180. The number of carbonyl (C=O) groups is 1. The normalized spacial score (nSPS) is 15.2. The van der Waals surface area contributed by atoms with Crippen LogP contribution in [0.3, 0.4) is 0 Å². The van der Waals surface area contributed by atoms with Gasteiger partial charge in [-0.2, -0.15) is 0 Å². The molecule has 0 radical (unpaired) electrons. The van der Waals surface area contributed by atoms with E-state index in [9.17, 15) is 4.79 Å². The summed E-state index contributed by atoms with van der Waals surface area (Å²) < 4.78 is 11.0. The molecule has 0 amide bonds. The first-order valence-electron chi connectivity index (χ1n) is 8.80. The quantitative estimate of drug-likeness (QED) is 0.566. The SMILES string of the molecule is Nc1nc(-c2ccc(Cl)cc2Cl)c2cc(C(=O)CCC3OCCCO3)sc2n1. The van der Waals surface area contributed by atoms with E-state index in [-0.39, 0.29) is 18.0 Å². The van der Waals surface area contributed by atoms with Crippen molar-refractivity contribution in [3.05, 3.63) is 39.2 Å². The van der Waals surface area contributed by atoms with Crippen LogP contribution < -0.4 is 5.73 Å². The number of nitrogen functional groups attached to an aromatic ring is 1. The number of nitrogens with zero attached hydrogens (tertiary/aromatic N) is 2. The predicted octanol–water partition coefficient (Wildman–Crippen LogP) is 4.97. The van der Waals surface area contributed by atoms with Crippen LogP contribution in [0.25, 0.3) is 21.5 Å². The van der Waals surface area contributed by atoms with Gasteiger partial charge in [-0.05, 0) is 30.7 Å². The minimum absolute atomic E-state index is 0.00694. The molecule has 9 heteroatoms. The zero-order chi connectivity index (χ0) is 19.7. The van der Waals surface area contributed by atoms with Gasteiger partial charge < -0.3 is 15.2 Å². The summed E-state index contributed by atoms with van der Waals surface area (Å²) in [6, 6.07) is 6.95. The molecule has 3 heterocycles. The van der Waals surface area contributed by atoms with Gasteiger partial charge in [-0.3, -0.25) is 4.79 Å². The molecule has 0 unspecified atom stereocenters. The summed E-state index contributed by atoms with van der Waals surface area (Å²) in [6.45, 7) is 1.34. The Bertz CT molecular complexity index is 1030. The summed E-state index contributed by atoms with van der Waals surface area (Å²) in [5.41, 5.74) is 7.15. The zero-order valence-corrected chi connectivity index (χ0v) is 17.1. The molecule has 1 aliphatic rings. The Kier molecular flexibility index (Phi) is 5.80. The predicted molar refractivity (Wildman–Crippen MR) is 111 cm³/mol. The fraction of sp³-hybridized carbons (Fsp3) is 0.316. The highest BCUT2D eigenvalue weighted by molar-refractivity contribution is 7.20. The number of rotatable bonds is 5. The minimum atomic E-state index is -0.314. The smallest absolute Gasteiger partial charge is 0.221 e. The van der Waals surface area contributed by atoms with E-state index < -0.39 is 0 Å². The number of Topliss-reactive ketones (excluding diaryl/α,β-unsaturated/α-hetero) is 1. The number of benzene rings is 1. The average Bonchev–Trinajstić information content (AvgIpc) is 3.10. The Morgan fingerprint density at radius 3 is 2.75 bits per heavy atom.